The first-order valence-electron chi connectivity index (χ1n) is 12.6. The van der Waals surface area contributed by atoms with Crippen LogP contribution in [0.3, 0.4) is 0 Å². The van der Waals surface area contributed by atoms with Gasteiger partial charge in [-0.1, -0.05) is 17.4 Å². The molecule has 0 amide bonds. The number of thiazole rings is 1. The molecule has 0 radical (unpaired) electrons. The first-order chi connectivity index (χ1) is 20.2. The zero-order chi connectivity index (χ0) is 30.1. The molecule has 5 rings (SSSR count). The number of nitro groups is 1. The van der Waals surface area contributed by atoms with Crippen molar-refractivity contribution in [2.45, 2.75) is 19.9 Å². The van der Waals surface area contributed by atoms with Crippen LogP contribution in [0.1, 0.15) is 31.2 Å². The van der Waals surface area contributed by atoms with Crippen LogP contribution in [0.4, 0.5) is 10.1 Å². The second-order valence-corrected chi connectivity index (χ2v) is 10.1. The van der Waals surface area contributed by atoms with Crippen LogP contribution in [-0.4, -0.2) is 36.3 Å². The second kappa shape index (κ2) is 11.4. The molecule has 11 nitrogen and oxygen atoms in total. The molecule has 0 bridgehead atoms. The predicted molar refractivity (Wildman–Crippen MR) is 151 cm³/mol. The van der Waals surface area contributed by atoms with Gasteiger partial charge in [0.05, 0.1) is 47.6 Å². The Labute approximate surface area is 241 Å². The van der Waals surface area contributed by atoms with Gasteiger partial charge in [0.25, 0.3) is 5.56 Å². The quantitative estimate of drug-likeness (QED) is 0.169. The van der Waals surface area contributed by atoms with Crippen molar-refractivity contribution < 1.29 is 32.7 Å². The number of fused-ring (bicyclic) bond motifs is 1. The number of furan rings is 1. The van der Waals surface area contributed by atoms with E-state index in [0.717, 1.165) is 23.5 Å². The maximum Gasteiger partial charge on any atom is 0.338 e. The van der Waals surface area contributed by atoms with Crippen LogP contribution in [0.15, 0.2) is 74.0 Å². The average molecular weight is 594 g/mol. The Balaban J connectivity index is 1.63. The number of halogens is 1. The molecule has 0 N–H and O–H groups in total. The number of carbonyl (C=O) groups excluding carboxylic acids is 1. The number of esters is 1. The van der Waals surface area contributed by atoms with E-state index in [-0.39, 0.29) is 28.2 Å². The first-order valence-corrected chi connectivity index (χ1v) is 13.4. The average Bonchev–Trinajstić information content (AvgIpc) is 3.56. The van der Waals surface area contributed by atoms with Crippen molar-refractivity contribution >= 4 is 29.1 Å². The zero-order valence-electron chi connectivity index (χ0n) is 22.9. The van der Waals surface area contributed by atoms with Gasteiger partial charge in [0.2, 0.25) is 5.82 Å². The third kappa shape index (κ3) is 5.09. The summed E-state index contributed by atoms with van der Waals surface area (Å²) in [6, 6.07) is 10.8. The summed E-state index contributed by atoms with van der Waals surface area (Å²) < 4.78 is 37.5. The van der Waals surface area contributed by atoms with E-state index < -0.39 is 34.0 Å². The molecule has 2 aromatic heterocycles. The topological polar surface area (TPSA) is 135 Å². The van der Waals surface area contributed by atoms with E-state index in [1.807, 2.05) is 0 Å². The summed E-state index contributed by atoms with van der Waals surface area (Å²) >= 11 is 1.10. The first kappa shape index (κ1) is 28.5. The van der Waals surface area contributed by atoms with Crippen LogP contribution in [0.5, 0.6) is 11.5 Å². The summed E-state index contributed by atoms with van der Waals surface area (Å²) in [5, 5.41) is 11.1. The Morgan fingerprint density at radius 1 is 1.17 bits per heavy atom. The van der Waals surface area contributed by atoms with E-state index in [2.05, 4.69) is 4.99 Å². The highest BCUT2D eigenvalue weighted by atomic mass is 32.1. The number of rotatable bonds is 8. The molecular formula is C29H24FN3O8S. The molecule has 216 valence electrons. The molecule has 0 spiro atoms. The molecule has 0 fully saturated rings. The van der Waals surface area contributed by atoms with Crippen LogP contribution in [-0.2, 0) is 9.53 Å². The molecule has 0 saturated carbocycles. The van der Waals surface area contributed by atoms with Gasteiger partial charge in [-0.05, 0) is 55.8 Å². The van der Waals surface area contributed by atoms with Gasteiger partial charge < -0.3 is 18.6 Å². The lowest BCUT2D eigenvalue weighted by Crippen LogP contribution is -2.39. The number of ether oxygens (including phenoxy) is 3. The van der Waals surface area contributed by atoms with E-state index >= 15 is 0 Å². The van der Waals surface area contributed by atoms with Gasteiger partial charge in [-0.15, -0.1) is 0 Å². The largest absolute Gasteiger partial charge is 0.493 e. The van der Waals surface area contributed by atoms with Crippen molar-refractivity contribution in [2.24, 2.45) is 4.99 Å². The molecular weight excluding hydrogens is 569 g/mol. The minimum Gasteiger partial charge on any atom is -0.493 e. The van der Waals surface area contributed by atoms with Gasteiger partial charge in [-0.25, -0.2) is 9.79 Å². The van der Waals surface area contributed by atoms with Crippen molar-refractivity contribution in [3.05, 3.63) is 107 Å². The van der Waals surface area contributed by atoms with E-state index in [4.69, 9.17) is 18.6 Å². The van der Waals surface area contributed by atoms with Crippen LogP contribution in [0.25, 0.3) is 17.4 Å². The van der Waals surface area contributed by atoms with E-state index in [1.54, 1.807) is 44.2 Å². The highest BCUT2D eigenvalue weighted by Gasteiger charge is 2.34. The zero-order valence-corrected chi connectivity index (χ0v) is 23.7. The lowest BCUT2D eigenvalue weighted by molar-refractivity contribution is -0.387. The third-order valence-electron chi connectivity index (χ3n) is 6.57. The van der Waals surface area contributed by atoms with Crippen LogP contribution in [0.2, 0.25) is 0 Å². The minimum absolute atomic E-state index is 0.136. The number of hydrogen-bond donors (Lipinski definition) is 0. The maximum absolute atomic E-state index is 13.8. The summed E-state index contributed by atoms with van der Waals surface area (Å²) in [4.78, 5) is 42.2. The predicted octanol–water partition coefficient (Wildman–Crippen LogP) is 4.12. The molecule has 13 heteroatoms. The number of nitro benzene ring substituents is 1. The molecule has 3 heterocycles. The van der Waals surface area contributed by atoms with Crippen molar-refractivity contribution in [3.63, 3.8) is 0 Å². The maximum atomic E-state index is 13.8. The van der Waals surface area contributed by atoms with E-state index in [0.29, 0.717) is 33.1 Å². The fraction of sp³-hybridized carbons (Fsp3) is 0.207. The van der Waals surface area contributed by atoms with Gasteiger partial charge in [0, 0.05) is 17.7 Å². The highest BCUT2D eigenvalue weighted by molar-refractivity contribution is 7.07. The van der Waals surface area contributed by atoms with Crippen LogP contribution < -0.4 is 24.4 Å². The lowest BCUT2D eigenvalue weighted by Gasteiger charge is -2.25. The van der Waals surface area contributed by atoms with Crippen molar-refractivity contribution in [1.82, 2.24) is 4.57 Å². The Kier molecular flexibility index (Phi) is 7.77. The Bertz CT molecular complexity index is 1940. The second-order valence-electron chi connectivity index (χ2n) is 9.04. The summed E-state index contributed by atoms with van der Waals surface area (Å²) in [5.74, 6) is -0.131. The summed E-state index contributed by atoms with van der Waals surface area (Å²) in [6.45, 7) is 3.50. The SMILES string of the molecule is CCOC(=O)C1=C(C)N=c2s/c(=C\c3ccc(-c4ccc(F)c([N+](=O)[O-])c4)o3)c(=O)n2[C@H]1c1ccc(OC)c(OC)c1. The highest BCUT2D eigenvalue weighted by Crippen LogP contribution is 2.36. The van der Waals surface area contributed by atoms with Crippen molar-refractivity contribution in [1.29, 1.82) is 0 Å². The third-order valence-corrected chi connectivity index (χ3v) is 7.55. The Hall–Kier alpha value is -5.04. The lowest BCUT2D eigenvalue weighted by atomic mass is 9.95. The molecule has 0 saturated heterocycles. The van der Waals surface area contributed by atoms with Gasteiger partial charge in [0.1, 0.15) is 11.5 Å². The van der Waals surface area contributed by atoms with Gasteiger partial charge >= 0.3 is 11.7 Å². The van der Waals surface area contributed by atoms with Gasteiger partial charge in [-0.3, -0.25) is 19.5 Å². The monoisotopic (exact) mass is 593 g/mol. The Morgan fingerprint density at radius 2 is 1.93 bits per heavy atom. The van der Waals surface area contributed by atoms with Crippen LogP contribution in [0, 0.1) is 15.9 Å². The van der Waals surface area contributed by atoms with Crippen LogP contribution >= 0.6 is 11.3 Å². The number of hydrogen-bond acceptors (Lipinski definition) is 10. The smallest absolute Gasteiger partial charge is 0.338 e. The fourth-order valence-corrected chi connectivity index (χ4v) is 5.68. The van der Waals surface area contributed by atoms with Crippen molar-refractivity contribution in [2.75, 3.05) is 20.8 Å². The number of nitrogens with zero attached hydrogens (tertiary/aromatic N) is 3. The number of benzene rings is 2. The summed E-state index contributed by atoms with van der Waals surface area (Å²) in [6.07, 6.45) is 1.51. The van der Waals surface area contributed by atoms with E-state index in [1.165, 1.54) is 30.9 Å². The number of carbonyl (C=O) groups is 1. The number of allylic oxidation sites excluding steroid dienone is 1. The molecule has 0 aliphatic carbocycles. The molecule has 1 aliphatic rings. The van der Waals surface area contributed by atoms with E-state index in [9.17, 15) is 24.1 Å². The summed E-state index contributed by atoms with van der Waals surface area (Å²) in [5.41, 5.74) is 0.383. The standard InChI is InChI=1S/C29H24FN3O8S/c1-5-40-28(35)25-15(2)31-29-32(26(25)17-7-10-22(38-3)23(13-17)39-4)27(34)24(42-29)14-18-8-11-21(41-18)16-6-9-19(30)20(12-16)33(36)37/h6-14,26H,5H2,1-4H3/b24-14-/t26-/m0/s1. The van der Waals surface area contributed by atoms with Gasteiger partial charge in [0.15, 0.2) is 16.3 Å². The molecule has 2 aromatic carbocycles. The van der Waals surface area contributed by atoms with Gasteiger partial charge in [-0.2, -0.15) is 4.39 Å². The molecule has 42 heavy (non-hydrogen) atoms. The fourth-order valence-electron chi connectivity index (χ4n) is 4.65. The number of methoxy groups -OCH3 is 2. The summed E-state index contributed by atoms with van der Waals surface area (Å²) in [7, 11) is 2.99. The minimum atomic E-state index is -0.960. The van der Waals surface area contributed by atoms with Crippen molar-refractivity contribution in [3.8, 4) is 22.8 Å². The molecule has 4 aromatic rings. The molecule has 1 aliphatic heterocycles. The molecule has 1 atom stereocenters. The number of aromatic nitrogens is 1. The normalized spacial score (nSPS) is 14.8. The molecule has 0 unspecified atom stereocenters. The Morgan fingerprint density at radius 3 is 2.62 bits per heavy atom.